The molecule has 2 aliphatic heterocycles. The maximum Gasteiger partial charge on any atom is 0.356 e. The number of thioether (sulfide) groups is 1. The highest BCUT2D eigenvalue weighted by molar-refractivity contribution is 8.00. The molecule has 4 rings (SSSR count). The van der Waals surface area contributed by atoms with E-state index in [4.69, 9.17) is 22.1 Å². The number of esters is 1. The lowest BCUT2D eigenvalue weighted by molar-refractivity contribution is -0.153. The minimum atomic E-state index is -0.594. The minimum absolute atomic E-state index is 0.157. The van der Waals surface area contributed by atoms with E-state index in [0.29, 0.717) is 11.3 Å². The maximum absolute atomic E-state index is 13.2. The van der Waals surface area contributed by atoms with Crippen LogP contribution in [0.2, 0.25) is 0 Å². The van der Waals surface area contributed by atoms with Crippen LogP contribution in [-0.4, -0.2) is 39.8 Å². The number of alkyl halides is 1. The molecule has 2 aliphatic rings. The Bertz CT molecular complexity index is 880. The molecule has 0 radical (unpaired) electrons. The van der Waals surface area contributed by atoms with Crippen molar-refractivity contribution in [1.82, 2.24) is 4.90 Å². The summed E-state index contributed by atoms with van der Waals surface area (Å²) in [6.07, 6.45) is -0.586. The highest BCUT2D eigenvalue weighted by atomic mass is 35.5. The summed E-state index contributed by atoms with van der Waals surface area (Å²) < 4.78 is 5.93. The van der Waals surface area contributed by atoms with Crippen molar-refractivity contribution >= 4 is 35.2 Å². The summed E-state index contributed by atoms with van der Waals surface area (Å²) in [4.78, 5) is 26.9. The van der Waals surface area contributed by atoms with Gasteiger partial charge < -0.3 is 10.5 Å². The first-order valence-electron chi connectivity index (χ1n) is 8.91. The molecule has 0 unspecified atom stereocenters. The number of hydrogen-bond donors (Lipinski definition) is 1. The van der Waals surface area contributed by atoms with E-state index >= 15 is 0 Å². The van der Waals surface area contributed by atoms with Crippen molar-refractivity contribution in [2.45, 2.75) is 17.5 Å². The van der Waals surface area contributed by atoms with Crippen molar-refractivity contribution in [1.29, 1.82) is 0 Å². The summed E-state index contributed by atoms with van der Waals surface area (Å²) in [7, 11) is 0. The Morgan fingerprint density at radius 3 is 2.25 bits per heavy atom. The molecule has 1 fully saturated rings. The second kappa shape index (κ2) is 7.99. The summed E-state index contributed by atoms with van der Waals surface area (Å²) in [5.41, 5.74) is 8.52. The Morgan fingerprint density at radius 2 is 1.71 bits per heavy atom. The number of halogens is 1. The lowest BCUT2D eigenvalue weighted by atomic mass is 10.0. The molecule has 144 valence electrons. The van der Waals surface area contributed by atoms with Crippen LogP contribution < -0.4 is 5.73 Å². The highest BCUT2D eigenvalue weighted by Crippen LogP contribution is 2.41. The third-order valence-electron chi connectivity index (χ3n) is 4.87. The molecule has 0 spiro atoms. The van der Waals surface area contributed by atoms with Crippen LogP contribution in [0.3, 0.4) is 0 Å². The number of ether oxygens (including phenoxy) is 1. The molecule has 7 heteroatoms. The number of carbonyl (C=O) groups excluding carboxylic acids is 2. The number of amides is 1. The van der Waals surface area contributed by atoms with E-state index in [9.17, 15) is 9.59 Å². The predicted octanol–water partition coefficient (Wildman–Crippen LogP) is 3.05. The zero-order valence-corrected chi connectivity index (χ0v) is 16.5. The Hall–Kier alpha value is -2.28. The Kier molecular flexibility index (Phi) is 5.44. The Labute approximate surface area is 172 Å². The maximum atomic E-state index is 13.2. The third kappa shape index (κ3) is 3.32. The predicted molar refractivity (Wildman–Crippen MR) is 110 cm³/mol. The molecule has 5 nitrogen and oxygen atoms in total. The number of nitrogens with two attached hydrogens (primary N) is 1. The molecule has 2 aromatic carbocycles. The summed E-state index contributed by atoms with van der Waals surface area (Å²) in [6.45, 7) is 0. The first kappa shape index (κ1) is 19.1. The number of nitrogens with zero attached hydrogens (tertiary/aromatic N) is 1. The van der Waals surface area contributed by atoms with E-state index in [1.165, 1.54) is 16.7 Å². The summed E-state index contributed by atoms with van der Waals surface area (Å²) in [5.74, 6) is -0.122. The lowest BCUT2D eigenvalue weighted by Gasteiger charge is -2.48. The average Bonchev–Trinajstić information content (AvgIpc) is 2.76. The Balaban J connectivity index is 1.68. The van der Waals surface area contributed by atoms with Crippen molar-refractivity contribution < 1.29 is 14.3 Å². The Morgan fingerprint density at radius 1 is 1.14 bits per heavy atom. The lowest BCUT2D eigenvalue weighted by Crippen LogP contribution is -2.68. The van der Waals surface area contributed by atoms with E-state index in [1.54, 1.807) is 0 Å². The molecule has 1 saturated heterocycles. The van der Waals surface area contributed by atoms with Crippen molar-refractivity contribution in [3.63, 3.8) is 0 Å². The van der Waals surface area contributed by atoms with Gasteiger partial charge in [0.15, 0.2) is 6.10 Å². The van der Waals surface area contributed by atoms with Crippen LogP contribution in [0.15, 0.2) is 71.9 Å². The number of benzene rings is 2. The van der Waals surface area contributed by atoms with Gasteiger partial charge in [0.25, 0.3) is 0 Å². The molecular formula is C21H19ClN2O3S. The highest BCUT2D eigenvalue weighted by Gasteiger charge is 2.52. The van der Waals surface area contributed by atoms with Crippen molar-refractivity contribution in [3.8, 4) is 0 Å². The van der Waals surface area contributed by atoms with Gasteiger partial charge in [0.1, 0.15) is 17.1 Å². The monoisotopic (exact) mass is 414 g/mol. The SMILES string of the molecule is N[C@@H]1C(=O)N2C(C(=O)OC(c3ccccc3)c3ccccc3)=C(CCl)CS[C@H]12. The van der Waals surface area contributed by atoms with Gasteiger partial charge in [-0.25, -0.2) is 4.79 Å². The molecule has 2 atom stereocenters. The number of β-lactam (4-membered cyclic amide) rings is 1. The second-order valence-electron chi connectivity index (χ2n) is 6.63. The first-order valence-corrected chi connectivity index (χ1v) is 10.5. The van der Waals surface area contributed by atoms with Gasteiger partial charge in [0.05, 0.1) is 0 Å². The summed E-state index contributed by atoms with van der Waals surface area (Å²) in [5, 5.41) is -0.242. The first-order chi connectivity index (χ1) is 13.6. The van der Waals surface area contributed by atoms with E-state index in [1.807, 2.05) is 60.7 Å². The van der Waals surface area contributed by atoms with E-state index in [0.717, 1.165) is 11.1 Å². The topological polar surface area (TPSA) is 72.6 Å². The zero-order chi connectivity index (χ0) is 19.7. The van der Waals surface area contributed by atoms with Crippen LogP contribution >= 0.6 is 23.4 Å². The van der Waals surface area contributed by atoms with Gasteiger partial charge in [0.2, 0.25) is 5.91 Å². The molecule has 2 N–H and O–H groups in total. The normalized spacial score (nSPS) is 21.4. The van der Waals surface area contributed by atoms with Crippen molar-refractivity contribution in [3.05, 3.63) is 83.1 Å². The molecular weight excluding hydrogens is 396 g/mol. The third-order valence-corrected chi connectivity index (χ3v) is 6.56. The molecule has 0 aromatic heterocycles. The zero-order valence-electron chi connectivity index (χ0n) is 15.0. The van der Waals surface area contributed by atoms with Crippen LogP contribution in [-0.2, 0) is 14.3 Å². The number of carbonyl (C=O) groups is 2. The van der Waals surface area contributed by atoms with Gasteiger partial charge in [-0.3, -0.25) is 9.69 Å². The van der Waals surface area contributed by atoms with Gasteiger partial charge in [-0.05, 0) is 16.7 Å². The summed E-state index contributed by atoms with van der Waals surface area (Å²) >= 11 is 7.58. The standard InChI is InChI=1S/C21H19ClN2O3S/c22-11-15-12-28-20-16(23)19(25)24(20)17(15)21(26)27-18(13-7-3-1-4-8-13)14-9-5-2-6-10-14/h1-10,16,18,20H,11-12,23H2/t16-,20-/m1/s1. The fourth-order valence-electron chi connectivity index (χ4n) is 3.42. The van der Waals surface area contributed by atoms with Crippen molar-refractivity contribution in [2.24, 2.45) is 5.73 Å². The van der Waals surface area contributed by atoms with Crippen LogP contribution in [0.5, 0.6) is 0 Å². The van der Waals surface area contributed by atoms with Gasteiger partial charge in [-0.2, -0.15) is 0 Å². The van der Waals surface area contributed by atoms with Gasteiger partial charge in [-0.1, -0.05) is 60.7 Å². The van der Waals surface area contributed by atoms with E-state index in [-0.39, 0.29) is 22.9 Å². The second-order valence-corrected chi connectivity index (χ2v) is 8.00. The van der Waals surface area contributed by atoms with Crippen LogP contribution in [0.4, 0.5) is 0 Å². The van der Waals surface area contributed by atoms with Gasteiger partial charge in [-0.15, -0.1) is 23.4 Å². The fraction of sp³-hybridized carbons (Fsp3) is 0.238. The molecule has 2 aromatic rings. The fourth-order valence-corrected chi connectivity index (χ4v) is 5.04. The van der Waals surface area contributed by atoms with E-state index in [2.05, 4.69) is 0 Å². The molecule has 1 amide bonds. The van der Waals surface area contributed by atoms with Crippen molar-refractivity contribution in [2.75, 3.05) is 11.6 Å². The number of rotatable bonds is 5. The molecule has 2 heterocycles. The number of fused-ring (bicyclic) bond motifs is 1. The molecule has 0 aliphatic carbocycles. The average molecular weight is 415 g/mol. The smallest absolute Gasteiger partial charge is 0.356 e. The quantitative estimate of drug-likeness (QED) is 0.462. The molecule has 0 saturated carbocycles. The van der Waals surface area contributed by atoms with Crippen LogP contribution in [0.25, 0.3) is 0 Å². The number of hydrogen-bond acceptors (Lipinski definition) is 5. The van der Waals surface area contributed by atoms with Crippen LogP contribution in [0, 0.1) is 0 Å². The van der Waals surface area contributed by atoms with E-state index < -0.39 is 18.1 Å². The van der Waals surface area contributed by atoms with Crippen LogP contribution in [0.1, 0.15) is 17.2 Å². The molecule has 0 bridgehead atoms. The summed E-state index contributed by atoms with van der Waals surface area (Å²) in [6, 6.07) is 18.4. The minimum Gasteiger partial charge on any atom is -0.448 e. The molecule has 28 heavy (non-hydrogen) atoms. The largest absolute Gasteiger partial charge is 0.448 e. The van der Waals surface area contributed by atoms with Gasteiger partial charge in [0, 0.05) is 11.6 Å². The van der Waals surface area contributed by atoms with Gasteiger partial charge >= 0.3 is 5.97 Å².